The minimum atomic E-state index is -0.466. The fourth-order valence-corrected chi connectivity index (χ4v) is 4.08. The van der Waals surface area contributed by atoms with Crippen LogP contribution in [0.4, 0.5) is 4.39 Å². The van der Waals surface area contributed by atoms with Crippen LogP contribution in [-0.2, 0) is 9.53 Å². The number of benzene rings is 2. The maximum absolute atomic E-state index is 12.9. The Morgan fingerprint density at radius 1 is 0.900 bits per heavy atom. The number of amides is 2. The predicted molar refractivity (Wildman–Crippen MR) is 104 cm³/mol. The number of rotatable bonds is 5. The number of halogens is 1. The molecule has 1 saturated carbocycles. The SMILES string of the molecule is O=C(COC(=O)C1CCC(N2C(=O)c3ccccc3C2=O)CC1)c1ccc(F)cc1. The Bertz CT molecular complexity index is 974. The smallest absolute Gasteiger partial charge is 0.309 e. The van der Waals surface area contributed by atoms with E-state index >= 15 is 0 Å². The van der Waals surface area contributed by atoms with Crippen molar-refractivity contribution < 1.29 is 28.3 Å². The zero-order valence-corrected chi connectivity index (χ0v) is 16.2. The van der Waals surface area contributed by atoms with Gasteiger partial charge in [-0.2, -0.15) is 0 Å². The quantitative estimate of drug-likeness (QED) is 0.430. The van der Waals surface area contributed by atoms with E-state index < -0.39 is 24.2 Å². The van der Waals surface area contributed by atoms with Gasteiger partial charge in [0.2, 0.25) is 0 Å². The standard InChI is InChI=1S/C23H20FNO5/c24-16-9-5-14(6-10-16)20(26)13-30-23(29)15-7-11-17(12-8-15)25-21(27)18-3-1-2-4-19(18)22(25)28/h1-6,9-10,15,17H,7-8,11-13H2. The first-order valence-corrected chi connectivity index (χ1v) is 9.88. The Kier molecular flexibility index (Phi) is 5.44. The van der Waals surface area contributed by atoms with Gasteiger partial charge in [-0.05, 0) is 62.1 Å². The molecule has 0 radical (unpaired) electrons. The zero-order chi connectivity index (χ0) is 21.3. The molecule has 0 unspecified atom stereocenters. The van der Waals surface area contributed by atoms with E-state index in [1.807, 2.05) is 0 Å². The van der Waals surface area contributed by atoms with E-state index in [0.717, 1.165) is 0 Å². The van der Waals surface area contributed by atoms with Crippen LogP contribution in [0.2, 0.25) is 0 Å². The summed E-state index contributed by atoms with van der Waals surface area (Å²) in [4.78, 5) is 50.9. The molecule has 30 heavy (non-hydrogen) atoms. The second-order valence-electron chi connectivity index (χ2n) is 7.57. The Morgan fingerprint density at radius 2 is 1.47 bits per heavy atom. The van der Waals surface area contributed by atoms with Crippen LogP contribution in [-0.4, -0.2) is 41.1 Å². The Balaban J connectivity index is 1.30. The molecule has 2 amide bonds. The number of carbonyl (C=O) groups is 4. The summed E-state index contributed by atoms with van der Waals surface area (Å²) in [5.41, 5.74) is 1.12. The molecule has 154 valence electrons. The highest BCUT2D eigenvalue weighted by atomic mass is 19.1. The average molecular weight is 409 g/mol. The van der Waals surface area contributed by atoms with Gasteiger partial charge in [0, 0.05) is 11.6 Å². The topological polar surface area (TPSA) is 80.8 Å². The van der Waals surface area contributed by atoms with E-state index in [1.54, 1.807) is 24.3 Å². The summed E-state index contributed by atoms with van der Waals surface area (Å²) in [6.45, 7) is -0.400. The van der Waals surface area contributed by atoms with Crippen molar-refractivity contribution in [3.63, 3.8) is 0 Å². The first-order valence-electron chi connectivity index (χ1n) is 9.88. The van der Waals surface area contributed by atoms with Crippen molar-refractivity contribution in [3.05, 3.63) is 71.0 Å². The molecule has 0 bridgehead atoms. The molecule has 1 heterocycles. The number of Topliss-reactive ketones (excluding diaryl/α,β-unsaturated/α-hetero) is 1. The van der Waals surface area contributed by atoms with Gasteiger partial charge in [-0.15, -0.1) is 0 Å². The van der Waals surface area contributed by atoms with E-state index in [0.29, 0.717) is 36.8 Å². The number of imide groups is 1. The molecule has 4 rings (SSSR count). The molecule has 0 N–H and O–H groups in total. The van der Waals surface area contributed by atoms with Gasteiger partial charge in [-0.1, -0.05) is 12.1 Å². The molecule has 0 saturated heterocycles. The van der Waals surface area contributed by atoms with Crippen LogP contribution in [0.1, 0.15) is 56.8 Å². The number of ketones is 1. The fourth-order valence-electron chi connectivity index (χ4n) is 4.08. The van der Waals surface area contributed by atoms with Crippen LogP contribution in [0.5, 0.6) is 0 Å². The summed E-state index contributed by atoms with van der Waals surface area (Å²) in [6.07, 6.45) is 1.97. The number of carbonyl (C=O) groups excluding carboxylic acids is 4. The number of ether oxygens (including phenoxy) is 1. The van der Waals surface area contributed by atoms with Gasteiger partial charge in [0.15, 0.2) is 12.4 Å². The normalized spacial score (nSPS) is 20.8. The van der Waals surface area contributed by atoms with Gasteiger partial charge in [0.05, 0.1) is 17.0 Å². The third kappa shape index (κ3) is 3.75. The molecule has 0 spiro atoms. The van der Waals surface area contributed by atoms with Gasteiger partial charge >= 0.3 is 5.97 Å². The van der Waals surface area contributed by atoms with Gasteiger partial charge < -0.3 is 4.74 Å². The number of fused-ring (bicyclic) bond motifs is 1. The first kappa shape index (κ1) is 19.9. The summed E-state index contributed by atoms with van der Waals surface area (Å²) in [5.74, 6) is -2.26. The Labute approximate surface area is 172 Å². The molecule has 1 aliphatic carbocycles. The van der Waals surface area contributed by atoms with Crippen molar-refractivity contribution >= 4 is 23.6 Å². The highest BCUT2D eigenvalue weighted by Crippen LogP contribution is 2.33. The molecule has 0 aromatic heterocycles. The lowest BCUT2D eigenvalue weighted by molar-refractivity contribution is -0.148. The molecule has 2 aliphatic rings. The van der Waals surface area contributed by atoms with Crippen molar-refractivity contribution in [1.29, 1.82) is 0 Å². The van der Waals surface area contributed by atoms with E-state index in [1.165, 1.54) is 29.2 Å². The molecule has 2 aromatic carbocycles. The number of nitrogens with zero attached hydrogens (tertiary/aromatic N) is 1. The van der Waals surface area contributed by atoms with Crippen LogP contribution < -0.4 is 0 Å². The molecule has 0 atom stereocenters. The summed E-state index contributed by atoms with van der Waals surface area (Å²) >= 11 is 0. The second-order valence-corrected chi connectivity index (χ2v) is 7.57. The minimum absolute atomic E-state index is 0.248. The minimum Gasteiger partial charge on any atom is -0.457 e. The van der Waals surface area contributed by atoms with E-state index in [9.17, 15) is 23.6 Å². The second kappa shape index (κ2) is 8.18. The third-order valence-electron chi connectivity index (χ3n) is 5.73. The highest BCUT2D eigenvalue weighted by Gasteiger charge is 2.41. The van der Waals surface area contributed by atoms with Crippen LogP contribution in [0.25, 0.3) is 0 Å². The summed E-state index contributed by atoms with van der Waals surface area (Å²) < 4.78 is 18.1. The van der Waals surface area contributed by atoms with Crippen LogP contribution in [0, 0.1) is 11.7 Å². The van der Waals surface area contributed by atoms with Crippen molar-refractivity contribution in [2.24, 2.45) is 5.92 Å². The van der Waals surface area contributed by atoms with Crippen molar-refractivity contribution in [1.82, 2.24) is 4.90 Å². The highest BCUT2D eigenvalue weighted by molar-refractivity contribution is 6.21. The number of hydrogen-bond acceptors (Lipinski definition) is 5. The average Bonchev–Trinajstić information content (AvgIpc) is 3.03. The van der Waals surface area contributed by atoms with E-state index in [2.05, 4.69) is 0 Å². The van der Waals surface area contributed by atoms with E-state index in [-0.39, 0.29) is 29.3 Å². The monoisotopic (exact) mass is 409 g/mol. The lowest BCUT2D eigenvalue weighted by Crippen LogP contribution is -2.42. The van der Waals surface area contributed by atoms with Crippen molar-refractivity contribution in [2.45, 2.75) is 31.7 Å². The summed E-state index contributed by atoms with van der Waals surface area (Å²) in [5, 5.41) is 0. The lowest BCUT2D eigenvalue weighted by atomic mass is 9.85. The van der Waals surface area contributed by atoms with Crippen LogP contribution in [0.3, 0.4) is 0 Å². The van der Waals surface area contributed by atoms with Gasteiger partial charge in [-0.25, -0.2) is 4.39 Å². The largest absolute Gasteiger partial charge is 0.457 e. The maximum atomic E-state index is 12.9. The molecule has 1 aliphatic heterocycles. The van der Waals surface area contributed by atoms with Crippen LogP contribution in [0.15, 0.2) is 48.5 Å². The lowest BCUT2D eigenvalue weighted by Gasteiger charge is -2.32. The molecular weight excluding hydrogens is 389 g/mol. The molecule has 6 nitrogen and oxygen atoms in total. The van der Waals surface area contributed by atoms with Gasteiger partial charge in [-0.3, -0.25) is 24.1 Å². The zero-order valence-electron chi connectivity index (χ0n) is 16.2. The molecule has 2 aromatic rings. The summed E-state index contributed by atoms with van der Waals surface area (Å²) in [6, 6.07) is 11.6. The predicted octanol–water partition coefficient (Wildman–Crippen LogP) is 3.41. The molecule has 7 heteroatoms. The van der Waals surface area contributed by atoms with Gasteiger partial charge in [0.1, 0.15) is 5.82 Å². The third-order valence-corrected chi connectivity index (χ3v) is 5.73. The Morgan fingerprint density at radius 3 is 2.03 bits per heavy atom. The van der Waals surface area contributed by atoms with E-state index in [4.69, 9.17) is 4.74 Å². The number of hydrogen-bond donors (Lipinski definition) is 0. The molecule has 1 fully saturated rings. The number of esters is 1. The van der Waals surface area contributed by atoms with Crippen molar-refractivity contribution in [2.75, 3.05) is 6.61 Å². The fraction of sp³-hybridized carbons (Fsp3) is 0.304. The first-order chi connectivity index (χ1) is 14.5. The van der Waals surface area contributed by atoms with Crippen LogP contribution >= 0.6 is 0 Å². The molecular formula is C23H20FNO5. The Hall–Kier alpha value is -3.35. The van der Waals surface area contributed by atoms with Gasteiger partial charge in [0.25, 0.3) is 11.8 Å². The van der Waals surface area contributed by atoms with Crippen molar-refractivity contribution in [3.8, 4) is 0 Å². The summed E-state index contributed by atoms with van der Waals surface area (Å²) in [7, 11) is 0. The maximum Gasteiger partial charge on any atom is 0.309 e.